The van der Waals surface area contributed by atoms with Gasteiger partial charge in [0, 0.05) is 11.1 Å². The van der Waals surface area contributed by atoms with E-state index in [4.69, 9.17) is 18.9 Å². The number of ketones is 1. The summed E-state index contributed by atoms with van der Waals surface area (Å²) in [6.07, 6.45) is 5.28. The smallest absolute Gasteiger partial charge is 0.185 e. The van der Waals surface area contributed by atoms with Gasteiger partial charge >= 0.3 is 0 Å². The highest BCUT2D eigenvalue weighted by Crippen LogP contribution is 2.38. The van der Waals surface area contributed by atoms with Crippen LogP contribution in [-0.4, -0.2) is 20.0 Å². The molecule has 0 spiro atoms. The molecule has 7 heteroatoms. The number of rotatable bonds is 10. The van der Waals surface area contributed by atoms with E-state index >= 15 is 0 Å². The Balaban J connectivity index is 1.32. The van der Waals surface area contributed by atoms with Gasteiger partial charge in [0.25, 0.3) is 0 Å². The van der Waals surface area contributed by atoms with Crippen molar-refractivity contribution < 1.29 is 23.7 Å². The van der Waals surface area contributed by atoms with Gasteiger partial charge in [0.15, 0.2) is 28.8 Å². The van der Waals surface area contributed by atoms with Crippen LogP contribution in [0, 0.1) is 7.14 Å². The van der Waals surface area contributed by atoms with Crippen molar-refractivity contribution in [2.45, 2.75) is 26.1 Å². The SMILES string of the molecule is COc1cc(C=C2CCC(=Cc3cc(I)c(OCc4ccccc4)c(OC)c3)C2=O)cc(I)c1OCc1ccccc1. The third-order valence-electron chi connectivity index (χ3n) is 6.88. The number of hydrogen-bond acceptors (Lipinski definition) is 5. The molecule has 42 heavy (non-hydrogen) atoms. The molecule has 4 aromatic rings. The van der Waals surface area contributed by atoms with Gasteiger partial charge in [0.1, 0.15) is 13.2 Å². The van der Waals surface area contributed by atoms with E-state index in [0.29, 0.717) is 49.1 Å². The molecule has 0 radical (unpaired) electrons. The van der Waals surface area contributed by atoms with E-state index in [1.807, 2.05) is 97.1 Å². The largest absolute Gasteiger partial charge is 0.493 e. The van der Waals surface area contributed by atoms with E-state index in [9.17, 15) is 4.79 Å². The minimum absolute atomic E-state index is 0.0618. The van der Waals surface area contributed by atoms with Crippen molar-refractivity contribution in [3.05, 3.63) is 125 Å². The molecule has 0 heterocycles. The third-order valence-corrected chi connectivity index (χ3v) is 8.49. The molecule has 0 N–H and O–H groups in total. The van der Waals surface area contributed by atoms with Crippen LogP contribution < -0.4 is 18.9 Å². The lowest BCUT2D eigenvalue weighted by Crippen LogP contribution is -2.01. The molecule has 5 rings (SSSR count). The highest BCUT2D eigenvalue weighted by Gasteiger charge is 2.24. The Morgan fingerprint density at radius 2 is 1.05 bits per heavy atom. The maximum atomic E-state index is 13.4. The van der Waals surface area contributed by atoms with Gasteiger partial charge in [-0.15, -0.1) is 0 Å². The monoisotopic (exact) mass is 784 g/mol. The summed E-state index contributed by atoms with van der Waals surface area (Å²) in [5.41, 5.74) is 5.54. The Hall–Kier alpha value is -3.31. The van der Waals surface area contributed by atoms with Gasteiger partial charge in [-0.1, -0.05) is 60.7 Å². The second kappa shape index (κ2) is 14.2. The molecule has 214 valence electrons. The minimum Gasteiger partial charge on any atom is -0.493 e. The third kappa shape index (κ3) is 7.36. The molecular formula is C35H30I2O5. The lowest BCUT2D eigenvalue weighted by Gasteiger charge is -2.14. The number of Topliss-reactive ketones (excluding diaryl/α,β-unsaturated/α-hetero) is 1. The Morgan fingerprint density at radius 3 is 1.43 bits per heavy atom. The summed E-state index contributed by atoms with van der Waals surface area (Å²) < 4.78 is 25.4. The standard InChI is InChI=1S/C35H30I2O5/c1-39-31-19-25(17-29(36)34(31)41-21-23-9-5-3-6-10-23)15-27-13-14-28(33(27)38)16-26-18-30(37)35(32(20-26)40-2)42-22-24-11-7-4-8-12-24/h3-12,15-20H,13-14,21-22H2,1-2H3. The topological polar surface area (TPSA) is 54.0 Å². The lowest BCUT2D eigenvalue weighted by atomic mass is 10.1. The molecule has 0 aromatic heterocycles. The molecule has 1 fully saturated rings. The van der Waals surface area contributed by atoms with Gasteiger partial charge in [-0.25, -0.2) is 0 Å². The first-order chi connectivity index (χ1) is 20.4. The molecule has 0 saturated heterocycles. The van der Waals surface area contributed by atoms with Crippen molar-refractivity contribution in [2.24, 2.45) is 0 Å². The summed E-state index contributed by atoms with van der Waals surface area (Å²) in [6, 6.07) is 27.9. The van der Waals surface area contributed by atoms with Crippen LogP contribution in [0.25, 0.3) is 12.2 Å². The number of halogens is 2. The van der Waals surface area contributed by atoms with Gasteiger partial charge in [-0.2, -0.15) is 0 Å². The summed E-state index contributed by atoms with van der Waals surface area (Å²) in [4.78, 5) is 13.4. The predicted molar refractivity (Wildman–Crippen MR) is 183 cm³/mol. The Labute approximate surface area is 273 Å². The lowest BCUT2D eigenvalue weighted by molar-refractivity contribution is -0.111. The molecule has 0 bridgehead atoms. The molecule has 0 amide bonds. The maximum Gasteiger partial charge on any atom is 0.185 e. The van der Waals surface area contributed by atoms with Crippen molar-refractivity contribution in [3.63, 3.8) is 0 Å². The number of hydrogen-bond donors (Lipinski definition) is 0. The van der Waals surface area contributed by atoms with E-state index in [0.717, 1.165) is 40.5 Å². The molecule has 0 atom stereocenters. The number of methoxy groups -OCH3 is 2. The molecular weight excluding hydrogens is 754 g/mol. The van der Waals surface area contributed by atoms with Gasteiger partial charge in [0.2, 0.25) is 0 Å². The first kappa shape index (κ1) is 30.2. The zero-order chi connectivity index (χ0) is 29.5. The Morgan fingerprint density at radius 1 is 0.643 bits per heavy atom. The summed E-state index contributed by atoms with van der Waals surface area (Å²) >= 11 is 4.51. The van der Waals surface area contributed by atoms with Gasteiger partial charge in [0.05, 0.1) is 21.4 Å². The first-order valence-electron chi connectivity index (χ1n) is 13.5. The Kier molecular flexibility index (Phi) is 10.2. The normalized spacial score (nSPS) is 14.8. The van der Waals surface area contributed by atoms with Crippen molar-refractivity contribution in [1.82, 2.24) is 0 Å². The second-order valence-electron chi connectivity index (χ2n) is 9.79. The van der Waals surface area contributed by atoms with Gasteiger partial charge in [-0.3, -0.25) is 4.79 Å². The number of allylic oxidation sites excluding steroid dienone is 2. The molecule has 0 unspecified atom stereocenters. The fourth-order valence-corrected chi connectivity index (χ4v) is 6.33. The van der Waals surface area contributed by atoms with E-state index in [2.05, 4.69) is 45.2 Å². The van der Waals surface area contributed by atoms with Crippen LogP contribution in [0.4, 0.5) is 0 Å². The van der Waals surface area contributed by atoms with Crippen molar-refractivity contribution >= 4 is 63.1 Å². The van der Waals surface area contributed by atoms with Crippen LogP contribution in [0.2, 0.25) is 0 Å². The average molecular weight is 784 g/mol. The molecule has 4 aromatic carbocycles. The fourth-order valence-electron chi connectivity index (χ4n) is 4.77. The number of carbonyl (C=O) groups excluding carboxylic acids is 1. The maximum absolute atomic E-state index is 13.4. The number of ether oxygens (including phenoxy) is 4. The Bertz CT molecular complexity index is 1510. The first-order valence-corrected chi connectivity index (χ1v) is 15.6. The summed E-state index contributed by atoms with van der Waals surface area (Å²) in [5.74, 6) is 2.74. The van der Waals surface area contributed by atoms with Crippen molar-refractivity contribution in [3.8, 4) is 23.0 Å². The zero-order valence-corrected chi connectivity index (χ0v) is 27.7. The zero-order valence-electron chi connectivity index (χ0n) is 23.4. The van der Waals surface area contributed by atoms with Gasteiger partial charge < -0.3 is 18.9 Å². The van der Waals surface area contributed by atoms with Crippen LogP contribution in [-0.2, 0) is 18.0 Å². The summed E-state index contributed by atoms with van der Waals surface area (Å²) in [5, 5.41) is 0. The molecule has 1 saturated carbocycles. The summed E-state index contributed by atoms with van der Waals surface area (Å²) in [7, 11) is 3.26. The molecule has 5 nitrogen and oxygen atoms in total. The van der Waals surface area contributed by atoms with Crippen LogP contribution in [0.15, 0.2) is 96.1 Å². The van der Waals surface area contributed by atoms with Crippen LogP contribution in [0.3, 0.4) is 0 Å². The minimum atomic E-state index is 0.0618. The van der Waals surface area contributed by atoms with Crippen molar-refractivity contribution in [2.75, 3.05) is 14.2 Å². The highest BCUT2D eigenvalue weighted by molar-refractivity contribution is 14.1. The van der Waals surface area contributed by atoms with E-state index in [1.54, 1.807) is 14.2 Å². The number of carbonyl (C=O) groups is 1. The second-order valence-corrected chi connectivity index (χ2v) is 12.1. The summed E-state index contributed by atoms with van der Waals surface area (Å²) in [6.45, 7) is 0.897. The van der Waals surface area contributed by atoms with Crippen molar-refractivity contribution in [1.29, 1.82) is 0 Å². The van der Waals surface area contributed by atoms with E-state index < -0.39 is 0 Å². The van der Waals surface area contributed by atoms with E-state index in [1.165, 1.54) is 0 Å². The number of benzene rings is 4. The predicted octanol–water partition coefficient (Wildman–Crippen LogP) is 8.90. The van der Waals surface area contributed by atoms with Crippen LogP contribution >= 0.6 is 45.2 Å². The van der Waals surface area contributed by atoms with E-state index in [-0.39, 0.29) is 5.78 Å². The molecule has 1 aliphatic carbocycles. The van der Waals surface area contributed by atoms with Crippen LogP contribution in [0.1, 0.15) is 35.1 Å². The highest BCUT2D eigenvalue weighted by atomic mass is 127. The van der Waals surface area contributed by atoms with Gasteiger partial charge in [-0.05, 0) is 117 Å². The molecule has 0 aliphatic heterocycles. The quantitative estimate of drug-likeness (QED) is 0.119. The molecule has 1 aliphatic rings. The fraction of sp³-hybridized carbons (Fsp3) is 0.171. The average Bonchev–Trinajstić information content (AvgIpc) is 3.34. The van der Waals surface area contributed by atoms with Crippen LogP contribution in [0.5, 0.6) is 23.0 Å².